The number of hydrogen-bond donors (Lipinski definition) is 3. The number of hydrogen-bond acceptors (Lipinski definition) is 11. The summed E-state index contributed by atoms with van der Waals surface area (Å²) in [6, 6.07) is 16.2. The molecule has 4 rings (SSSR count). The molecule has 4 N–H and O–H groups in total. The molecule has 2 aromatic heterocycles. The van der Waals surface area contributed by atoms with Gasteiger partial charge in [-0.2, -0.15) is 19.4 Å². The van der Waals surface area contributed by atoms with Crippen molar-refractivity contribution in [2.45, 2.75) is 57.4 Å². The molecule has 15 heteroatoms. The van der Waals surface area contributed by atoms with Gasteiger partial charge >= 0.3 is 19.8 Å². The van der Waals surface area contributed by atoms with Crippen LogP contribution in [-0.2, 0) is 36.3 Å². The molecule has 0 amide bonds. The number of halogens is 1. The molecule has 256 valence electrons. The summed E-state index contributed by atoms with van der Waals surface area (Å²) < 4.78 is 52.8. The summed E-state index contributed by atoms with van der Waals surface area (Å²) in [6.07, 6.45) is 6.25. The topological polar surface area (TPSA) is 173 Å². The summed E-state index contributed by atoms with van der Waals surface area (Å²) in [6.45, 7) is 3.23. The van der Waals surface area contributed by atoms with Gasteiger partial charge in [-0.05, 0) is 30.0 Å². The molecule has 0 spiro atoms. The molecule has 2 heterocycles. The van der Waals surface area contributed by atoms with Crippen LogP contribution >= 0.6 is 7.75 Å². The highest BCUT2D eigenvalue weighted by Crippen LogP contribution is 2.46. The number of carbonyl (C=O) groups is 1. The van der Waals surface area contributed by atoms with Crippen molar-refractivity contribution in [3.05, 3.63) is 78.6 Å². The van der Waals surface area contributed by atoms with Crippen molar-refractivity contribution in [3.8, 4) is 18.1 Å². The molecule has 4 aromatic rings. The molecule has 2 aromatic carbocycles. The number of nitrogens with two attached hydrogens (primary N) is 1. The second kappa shape index (κ2) is 16.6. The van der Waals surface area contributed by atoms with Crippen LogP contribution in [0.2, 0.25) is 0 Å². The van der Waals surface area contributed by atoms with Gasteiger partial charge in [0, 0.05) is 7.11 Å². The predicted octanol–water partition coefficient (Wildman–Crippen LogP) is 4.31. The number of nitrogens with one attached hydrogen (secondary N) is 1. The number of anilines is 1. The van der Waals surface area contributed by atoms with E-state index in [4.69, 9.17) is 30.7 Å². The Kier molecular flexibility index (Phi) is 12.6. The zero-order valence-electron chi connectivity index (χ0n) is 27.0. The van der Waals surface area contributed by atoms with Gasteiger partial charge in [0.15, 0.2) is 17.1 Å². The van der Waals surface area contributed by atoms with E-state index in [0.29, 0.717) is 0 Å². The second-order valence-corrected chi connectivity index (χ2v) is 12.8. The van der Waals surface area contributed by atoms with Gasteiger partial charge < -0.3 is 29.4 Å². The maximum absolute atomic E-state index is 14.5. The van der Waals surface area contributed by atoms with Gasteiger partial charge in [0.25, 0.3) is 0 Å². The molecular formula is C33H40FN6O7P. The normalized spacial score (nSPS) is 15.3. The molecule has 0 fully saturated rings. The first-order chi connectivity index (χ1) is 23.0. The number of aliphatic hydroxyl groups is 1. The van der Waals surface area contributed by atoms with Gasteiger partial charge in [0.05, 0.1) is 19.5 Å². The molecule has 0 radical (unpaired) electrons. The molecule has 13 nitrogen and oxygen atoms in total. The smallest absolute Gasteiger partial charge is 0.459 e. The first-order valence-corrected chi connectivity index (χ1v) is 16.9. The molecular weight excluding hydrogens is 642 g/mol. The molecule has 0 bridgehead atoms. The van der Waals surface area contributed by atoms with Crippen LogP contribution in [0.25, 0.3) is 11.2 Å². The number of para-hydroxylation sites is 1. The van der Waals surface area contributed by atoms with Crippen molar-refractivity contribution in [2.24, 2.45) is 5.92 Å². The predicted molar refractivity (Wildman–Crippen MR) is 177 cm³/mol. The van der Waals surface area contributed by atoms with E-state index in [1.807, 2.05) is 44.2 Å². The Morgan fingerprint density at radius 3 is 2.44 bits per heavy atom. The number of nitrogen functional groups attached to an aromatic ring is 1. The van der Waals surface area contributed by atoms with Crippen LogP contribution in [0.15, 0.2) is 67.0 Å². The van der Waals surface area contributed by atoms with Crippen molar-refractivity contribution in [1.29, 1.82) is 0 Å². The lowest BCUT2D eigenvalue weighted by Gasteiger charge is -2.33. The summed E-state index contributed by atoms with van der Waals surface area (Å²) in [7, 11) is -3.24. The maximum Gasteiger partial charge on any atom is 0.459 e. The van der Waals surface area contributed by atoms with Crippen LogP contribution in [0.5, 0.6) is 5.75 Å². The van der Waals surface area contributed by atoms with E-state index in [1.54, 1.807) is 30.3 Å². The Hall–Kier alpha value is -4.38. The SMILES string of the molecule is C#C[C@](COP(=O)(N[C@@H](Cc1ccccc1)C(=O)OCC(CC)CC)Oc1ccccc1)(OC)[C@@H](O)Cn1cnc2c(N)nc(F)nc21. The Bertz CT molecular complexity index is 1740. The van der Waals surface area contributed by atoms with Crippen LogP contribution in [0.1, 0.15) is 32.3 Å². The van der Waals surface area contributed by atoms with E-state index in [9.17, 15) is 18.9 Å². The Balaban J connectivity index is 1.62. The number of methoxy groups -OCH3 is 1. The highest BCUT2D eigenvalue weighted by molar-refractivity contribution is 7.52. The van der Waals surface area contributed by atoms with E-state index in [2.05, 4.69) is 26.0 Å². The van der Waals surface area contributed by atoms with E-state index in [0.717, 1.165) is 18.4 Å². The van der Waals surface area contributed by atoms with Crippen molar-refractivity contribution < 1.29 is 37.4 Å². The quantitative estimate of drug-likeness (QED) is 0.0589. The number of benzene rings is 2. The summed E-state index contributed by atoms with van der Waals surface area (Å²) in [5, 5.41) is 14.1. The molecule has 0 aliphatic rings. The minimum absolute atomic E-state index is 0.0115. The van der Waals surface area contributed by atoms with Gasteiger partial charge in [0.2, 0.25) is 0 Å². The first kappa shape index (κ1) is 36.5. The fourth-order valence-corrected chi connectivity index (χ4v) is 6.35. The summed E-state index contributed by atoms with van der Waals surface area (Å²) in [4.78, 5) is 24.8. The third kappa shape index (κ3) is 9.15. The number of esters is 1. The number of imidazole rings is 1. The van der Waals surface area contributed by atoms with Crippen LogP contribution in [0.4, 0.5) is 10.2 Å². The largest absolute Gasteiger partial charge is 0.464 e. The van der Waals surface area contributed by atoms with E-state index in [-0.39, 0.29) is 48.2 Å². The number of nitrogens with zero attached hydrogens (tertiary/aromatic N) is 4. The van der Waals surface area contributed by atoms with Crippen molar-refractivity contribution in [1.82, 2.24) is 24.6 Å². The number of aromatic nitrogens is 4. The molecule has 1 unspecified atom stereocenters. The average Bonchev–Trinajstić information content (AvgIpc) is 3.48. The number of fused-ring (bicyclic) bond motifs is 1. The lowest BCUT2D eigenvalue weighted by molar-refractivity contribution is -0.147. The molecule has 4 atom stereocenters. The lowest BCUT2D eigenvalue weighted by Crippen LogP contribution is -2.49. The first-order valence-electron chi connectivity index (χ1n) is 15.4. The molecule has 0 aliphatic carbocycles. The number of terminal acetylenes is 1. The molecule has 48 heavy (non-hydrogen) atoms. The number of aliphatic hydroxyl groups excluding tert-OH is 1. The van der Waals surface area contributed by atoms with Gasteiger partial charge in [-0.15, -0.1) is 6.42 Å². The minimum Gasteiger partial charge on any atom is -0.464 e. The minimum atomic E-state index is -4.48. The fourth-order valence-electron chi connectivity index (χ4n) is 4.83. The highest BCUT2D eigenvalue weighted by Gasteiger charge is 2.43. The number of rotatable bonds is 18. The van der Waals surface area contributed by atoms with Crippen molar-refractivity contribution >= 4 is 30.7 Å². The zero-order valence-corrected chi connectivity index (χ0v) is 27.9. The molecule has 0 saturated heterocycles. The number of ether oxygens (including phenoxy) is 2. The second-order valence-electron chi connectivity index (χ2n) is 11.1. The summed E-state index contributed by atoms with van der Waals surface area (Å²) >= 11 is 0. The Labute approximate surface area is 278 Å². The average molecular weight is 683 g/mol. The van der Waals surface area contributed by atoms with Crippen LogP contribution in [0, 0.1) is 24.3 Å². The standard InChI is InChI=1S/C33H40FN6O7P/c1-5-23(6-2)20-45-31(42)26(18-24-14-10-8-11-15-24)39-48(43,47-25-16-12-9-13-17-25)46-21-33(7-3,44-4)27(41)19-40-22-36-28-29(35)37-32(34)38-30(28)40/h3,8-17,22-23,26-27,41H,5-6,18-21H2,1-2,4H3,(H,39,43)(H2,35,37,38)/t26-,27-,33+,48?/m0/s1. The van der Waals surface area contributed by atoms with E-state index in [1.165, 1.54) is 18.0 Å². The third-order valence-corrected chi connectivity index (χ3v) is 9.44. The fraction of sp³-hybridized carbons (Fsp3) is 0.394. The van der Waals surface area contributed by atoms with Gasteiger partial charge in [-0.25, -0.2) is 9.55 Å². The van der Waals surface area contributed by atoms with Crippen molar-refractivity contribution in [2.75, 3.05) is 26.1 Å². The van der Waals surface area contributed by atoms with Crippen LogP contribution in [-0.4, -0.2) is 68.7 Å². The van der Waals surface area contributed by atoms with Gasteiger partial charge in [0.1, 0.15) is 30.0 Å². The van der Waals surface area contributed by atoms with Crippen molar-refractivity contribution in [3.63, 3.8) is 0 Å². The van der Waals surface area contributed by atoms with Crippen LogP contribution in [0.3, 0.4) is 0 Å². The molecule has 0 saturated carbocycles. The Morgan fingerprint density at radius 1 is 1.15 bits per heavy atom. The van der Waals surface area contributed by atoms with E-state index < -0.39 is 44.1 Å². The maximum atomic E-state index is 14.5. The monoisotopic (exact) mass is 682 g/mol. The lowest BCUT2D eigenvalue weighted by atomic mass is 9.98. The third-order valence-electron chi connectivity index (χ3n) is 7.89. The van der Waals surface area contributed by atoms with Gasteiger partial charge in [-0.1, -0.05) is 81.1 Å². The summed E-state index contributed by atoms with van der Waals surface area (Å²) in [5.74, 6) is 1.88. The zero-order chi connectivity index (χ0) is 34.7. The van der Waals surface area contributed by atoms with Gasteiger partial charge in [-0.3, -0.25) is 9.32 Å². The highest BCUT2D eigenvalue weighted by atomic mass is 31.2. The molecule has 0 aliphatic heterocycles. The summed E-state index contributed by atoms with van der Waals surface area (Å²) in [5.41, 5.74) is 4.74. The van der Waals surface area contributed by atoms with E-state index >= 15 is 0 Å². The number of carbonyl (C=O) groups excluding carboxylic acids is 1. The Morgan fingerprint density at radius 2 is 1.81 bits per heavy atom. The van der Waals surface area contributed by atoms with Crippen LogP contribution < -0.4 is 15.3 Å².